The Labute approximate surface area is 95.8 Å². The Morgan fingerprint density at radius 1 is 1.56 bits per heavy atom. The lowest BCUT2D eigenvalue weighted by Gasteiger charge is -2.05. The fraction of sp³-hybridized carbons (Fsp3) is 0.500. The molecule has 1 atom stereocenters. The summed E-state index contributed by atoms with van der Waals surface area (Å²) in [5.74, 6) is 6.23. The van der Waals surface area contributed by atoms with E-state index in [-0.39, 0.29) is 0 Å². The molecule has 0 aliphatic heterocycles. The first-order chi connectivity index (χ1) is 7.50. The number of hydrogen-bond acceptors (Lipinski definition) is 2. The first kappa shape index (κ1) is 12.3. The van der Waals surface area contributed by atoms with Crippen LogP contribution in [0.15, 0.2) is 12.4 Å². The van der Waals surface area contributed by atoms with E-state index < -0.39 is 11.9 Å². The van der Waals surface area contributed by atoms with Crippen molar-refractivity contribution in [3.05, 3.63) is 18.0 Å². The minimum atomic E-state index is -0.430. The van der Waals surface area contributed by atoms with E-state index in [2.05, 4.69) is 30.8 Å². The number of carbonyl (C=O) groups is 1. The van der Waals surface area contributed by atoms with E-state index in [1.54, 1.807) is 19.3 Å². The molecule has 86 valence electrons. The Balaban J connectivity index is 2.70. The predicted octanol–water partition coefficient (Wildman–Crippen LogP) is 1.33. The molecule has 0 spiro atoms. The minimum Gasteiger partial charge on any atom is -0.368 e. The van der Waals surface area contributed by atoms with E-state index >= 15 is 0 Å². The van der Waals surface area contributed by atoms with Crippen molar-refractivity contribution < 1.29 is 4.79 Å². The van der Waals surface area contributed by atoms with Crippen molar-refractivity contribution in [1.29, 1.82) is 0 Å². The molecule has 0 bridgehead atoms. The van der Waals surface area contributed by atoms with Gasteiger partial charge < -0.3 is 5.73 Å². The van der Waals surface area contributed by atoms with Crippen LogP contribution in [0.1, 0.15) is 38.8 Å². The normalized spacial score (nSPS) is 12.0. The summed E-state index contributed by atoms with van der Waals surface area (Å²) in [7, 11) is 0. The summed E-state index contributed by atoms with van der Waals surface area (Å²) < 4.78 is 1.53. The van der Waals surface area contributed by atoms with Gasteiger partial charge in [0.05, 0.1) is 11.8 Å². The number of aromatic nitrogens is 2. The average Bonchev–Trinajstić information content (AvgIpc) is 2.64. The van der Waals surface area contributed by atoms with Crippen molar-refractivity contribution in [3.8, 4) is 11.8 Å². The molecule has 2 N–H and O–H groups in total. The summed E-state index contributed by atoms with van der Waals surface area (Å²) in [6.07, 6.45) is 4.24. The number of hydrogen-bond donors (Lipinski definition) is 1. The second-order valence-electron chi connectivity index (χ2n) is 4.19. The molecule has 0 aliphatic rings. The molecule has 1 aromatic heterocycles. The van der Waals surface area contributed by atoms with E-state index in [4.69, 9.17) is 5.73 Å². The highest BCUT2D eigenvalue weighted by Gasteiger charge is 2.11. The monoisotopic (exact) mass is 219 g/mol. The first-order valence-electron chi connectivity index (χ1n) is 5.33. The van der Waals surface area contributed by atoms with E-state index in [0.717, 1.165) is 12.0 Å². The highest BCUT2D eigenvalue weighted by atomic mass is 16.1. The summed E-state index contributed by atoms with van der Waals surface area (Å²) in [6.45, 7) is 5.95. The van der Waals surface area contributed by atoms with Gasteiger partial charge in [0, 0.05) is 12.6 Å². The molecular formula is C12H17N3O. The topological polar surface area (TPSA) is 60.9 Å². The number of nitrogens with two attached hydrogens (primary N) is 1. The van der Waals surface area contributed by atoms with Crippen LogP contribution in [0.3, 0.4) is 0 Å². The van der Waals surface area contributed by atoms with Gasteiger partial charge in [-0.15, -0.1) is 0 Å². The molecule has 16 heavy (non-hydrogen) atoms. The van der Waals surface area contributed by atoms with Crippen LogP contribution in [0.4, 0.5) is 0 Å². The molecule has 1 amide bonds. The van der Waals surface area contributed by atoms with Crippen LogP contribution >= 0.6 is 0 Å². The maximum atomic E-state index is 10.9. The molecule has 1 rings (SSSR count). The van der Waals surface area contributed by atoms with Crippen molar-refractivity contribution in [1.82, 2.24) is 9.78 Å². The number of primary amides is 1. The zero-order valence-electron chi connectivity index (χ0n) is 9.90. The second-order valence-corrected chi connectivity index (χ2v) is 4.19. The second kappa shape index (κ2) is 5.36. The molecule has 1 heterocycles. The number of amides is 1. The summed E-state index contributed by atoms with van der Waals surface area (Å²) in [5.41, 5.74) is 5.99. The Hall–Kier alpha value is -1.76. The summed E-state index contributed by atoms with van der Waals surface area (Å²) in [5, 5.41) is 4.05. The molecular weight excluding hydrogens is 202 g/mol. The highest BCUT2D eigenvalue weighted by molar-refractivity contribution is 5.77. The van der Waals surface area contributed by atoms with Crippen molar-refractivity contribution >= 4 is 5.91 Å². The van der Waals surface area contributed by atoms with Crippen molar-refractivity contribution in [2.75, 3.05) is 0 Å². The number of rotatable bonds is 3. The molecule has 4 heteroatoms. The molecule has 0 aliphatic carbocycles. The first-order valence-corrected chi connectivity index (χ1v) is 5.33. The Bertz CT molecular complexity index is 423. The van der Waals surface area contributed by atoms with Crippen LogP contribution in [0.2, 0.25) is 0 Å². The third-order valence-electron chi connectivity index (χ3n) is 2.15. The fourth-order valence-corrected chi connectivity index (χ4v) is 1.10. The maximum Gasteiger partial charge on any atom is 0.241 e. The smallest absolute Gasteiger partial charge is 0.241 e. The van der Waals surface area contributed by atoms with Gasteiger partial charge in [-0.1, -0.05) is 25.7 Å². The van der Waals surface area contributed by atoms with Gasteiger partial charge in [-0.25, -0.2) is 0 Å². The Morgan fingerprint density at radius 3 is 2.81 bits per heavy atom. The van der Waals surface area contributed by atoms with Crippen LogP contribution in [0.25, 0.3) is 0 Å². The van der Waals surface area contributed by atoms with Crippen LogP contribution < -0.4 is 5.73 Å². The number of nitrogens with zero attached hydrogens (tertiary/aromatic N) is 2. The van der Waals surface area contributed by atoms with E-state index in [1.807, 2.05) is 0 Å². The van der Waals surface area contributed by atoms with E-state index in [0.29, 0.717) is 5.92 Å². The molecule has 0 aromatic carbocycles. The zero-order valence-corrected chi connectivity index (χ0v) is 9.90. The molecule has 0 saturated carbocycles. The summed E-state index contributed by atoms with van der Waals surface area (Å²) in [6, 6.07) is -0.430. The third kappa shape index (κ3) is 3.43. The molecule has 4 nitrogen and oxygen atoms in total. The fourth-order valence-electron chi connectivity index (χ4n) is 1.10. The molecule has 0 fully saturated rings. The van der Waals surface area contributed by atoms with Crippen molar-refractivity contribution in [2.45, 2.75) is 33.2 Å². The van der Waals surface area contributed by atoms with E-state index in [9.17, 15) is 4.79 Å². The van der Waals surface area contributed by atoms with E-state index in [1.165, 1.54) is 4.68 Å². The standard InChI is InChI=1S/C12H17N3O/c1-9(2)5-4-6-11-7-14-15(8-11)10(3)12(13)16/h7-10H,5H2,1-3H3,(H2,13,16). The van der Waals surface area contributed by atoms with Gasteiger partial charge in [-0.3, -0.25) is 9.48 Å². The van der Waals surface area contributed by atoms with Crippen molar-refractivity contribution in [3.63, 3.8) is 0 Å². The SMILES string of the molecule is CC(C)CC#Cc1cnn(C(C)C(N)=O)c1. The van der Waals surface area contributed by atoms with Gasteiger partial charge in [0.2, 0.25) is 5.91 Å². The van der Waals surface area contributed by atoms with Crippen LogP contribution in [0, 0.1) is 17.8 Å². The van der Waals surface area contributed by atoms with Crippen molar-refractivity contribution in [2.24, 2.45) is 11.7 Å². The van der Waals surface area contributed by atoms with Gasteiger partial charge in [-0.2, -0.15) is 5.10 Å². The quantitative estimate of drug-likeness (QED) is 0.779. The van der Waals surface area contributed by atoms with Crippen LogP contribution in [-0.4, -0.2) is 15.7 Å². The van der Waals surface area contributed by atoms with Gasteiger partial charge in [0.1, 0.15) is 6.04 Å². The lowest BCUT2D eigenvalue weighted by Crippen LogP contribution is -2.24. The largest absolute Gasteiger partial charge is 0.368 e. The molecule has 1 unspecified atom stereocenters. The Morgan fingerprint density at radius 2 is 2.25 bits per heavy atom. The molecule has 1 aromatic rings. The highest BCUT2D eigenvalue weighted by Crippen LogP contribution is 2.05. The van der Waals surface area contributed by atoms with Gasteiger partial charge in [-0.05, 0) is 12.8 Å². The lowest BCUT2D eigenvalue weighted by molar-refractivity contribution is -0.120. The van der Waals surface area contributed by atoms with Crippen LogP contribution in [-0.2, 0) is 4.79 Å². The summed E-state index contributed by atoms with van der Waals surface area (Å²) in [4.78, 5) is 10.9. The average molecular weight is 219 g/mol. The zero-order chi connectivity index (χ0) is 12.1. The van der Waals surface area contributed by atoms with Gasteiger partial charge >= 0.3 is 0 Å². The number of carbonyl (C=O) groups excluding carboxylic acids is 1. The Kier molecular flexibility index (Phi) is 4.12. The maximum absolute atomic E-state index is 10.9. The predicted molar refractivity (Wildman–Crippen MR) is 62.5 cm³/mol. The minimum absolute atomic E-state index is 0.398. The molecule has 0 saturated heterocycles. The van der Waals surface area contributed by atoms with Gasteiger partial charge in [0.15, 0.2) is 0 Å². The summed E-state index contributed by atoms with van der Waals surface area (Å²) >= 11 is 0. The van der Waals surface area contributed by atoms with Gasteiger partial charge in [0.25, 0.3) is 0 Å². The van der Waals surface area contributed by atoms with Crippen LogP contribution in [0.5, 0.6) is 0 Å². The third-order valence-corrected chi connectivity index (χ3v) is 2.15. The molecule has 0 radical (unpaired) electrons. The lowest BCUT2D eigenvalue weighted by atomic mass is 10.1.